The summed E-state index contributed by atoms with van der Waals surface area (Å²) < 4.78 is 1.20. The monoisotopic (exact) mass is 303 g/mol. The number of halogens is 1. The number of anilines is 2. The van der Waals surface area contributed by atoms with Crippen LogP contribution in [0.2, 0.25) is 5.02 Å². The van der Waals surface area contributed by atoms with Gasteiger partial charge in [-0.3, -0.25) is 0 Å². The van der Waals surface area contributed by atoms with Crippen LogP contribution < -0.4 is 5.32 Å². The summed E-state index contributed by atoms with van der Waals surface area (Å²) in [7, 11) is 0. The molecule has 2 aromatic carbocycles. The molecule has 0 radical (unpaired) electrons. The van der Waals surface area contributed by atoms with Crippen molar-refractivity contribution in [1.82, 2.24) is 0 Å². The SMILES string of the molecule is O=C(O)c1cc(Cl)ccc1Nc1ccc2sccc2c1. The average molecular weight is 304 g/mol. The van der Waals surface area contributed by atoms with Crippen molar-refractivity contribution in [1.29, 1.82) is 0 Å². The number of aromatic carboxylic acids is 1. The van der Waals surface area contributed by atoms with E-state index in [-0.39, 0.29) is 5.56 Å². The molecule has 0 aliphatic heterocycles. The average Bonchev–Trinajstić information content (AvgIpc) is 2.88. The molecule has 2 N–H and O–H groups in total. The van der Waals surface area contributed by atoms with Crippen molar-refractivity contribution in [3.05, 3.63) is 58.4 Å². The van der Waals surface area contributed by atoms with Gasteiger partial charge in [-0.1, -0.05) is 11.6 Å². The molecule has 0 amide bonds. The molecule has 1 aromatic heterocycles. The van der Waals surface area contributed by atoms with Gasteiger partial charge in [0, 0.05) is 15.4 Å². The number of carboxylic acids is 1. The van der Waals surface area contributed by atoms with Crippen molar-refractivity contribution in [2.24, 2.45) is 0 Å². The van der Waals surface area contributed by atoms with E-state index in [1.165, 1.54) is 10.8 Å². The van der Waals surface area contributed by atoms with Gasteiger partial charge < -0.3 is 10.4 Å². The Labute approximate surface area is 124 Å². The summed E-state index contributed by atoms with van der Waals surface area (Å²) in [5, 5.41) is 15.9. The Hall–Kier alpha value is -2.04. The first-order valence-corrected chi connectivity index (χ1v) is 7.16. The standard InChI is InChI=1S/C15H10ClNO2S/c16-10-1-3-13(12(8-10)15(18)19)17-11-2-4-14-9(7-11)5-6-20-14/h1-8,17H,(H,18,19). The van der Waals surface area contributed by atoms with Gasteiger partial charge in [0.15, 0.2) is 0 Å². The number of benzene rings is 2. The summed E-state index contributed by atoms with van der Waals surface area (Å²) in [6.45, 7) is 0. The summed E-state index contributed by atoms with van der Waals surface area (Å²) >= 11 is 7.51. The number of rotatable bonds is 3. The minimum atomic E-state index is -1.01. The maximum absolute atomic E-state index is 11.2. The van der Waals surface area contributed by atoms with Crippen molar-refractivity contribution in [2.75, 3.05) is 5.32 Å². The number of hydrogen-bond acceptors (Lipinski definition) is 3. The fourth-order valence-electron chi connectivity index (χ4n) is 2.00. The maximum Gasteiger partial charge on any atom is 0.337 e. The molecule has 0 unspecified atom stereocenters. The summed E-state index contributed by atoms with van der Waals surface area (Å²) in [4.78, 5) is 11.2. The van der Waals surface area contributed by atoms with Crippen molar-refractivity contribution in [3.63, 3.8) is 0 Å². The van der Waals surface area contributed by atoms with E-state index in [2.05, 4.69) is 5.32 Å². The van der Waals surface area contributed by atoms with Crippen molar-refractivity contribution >= 4 is 50.4 Å². The Morgan fingerprint density at radius 3 is 2.80 bits per heavy atom. The van der Waals surface area contributed by atoms with Crippen LogP contribution in [0.4, 0.5) is 11.4 Å². The molecule has 100 valence electrons. The first-order valence-electron chi connectivity index (χ1n) is 5.90. The zero-order valence-corrected chi connectivity index (χ0v) is 11.8. The Morgan fingerprint density at radius 2 is 2.00 bits per heavy atom. The van der Waals surface area contributed by atoms with Gasteiger partial charge in [0.05, 0.1) is 11.3 Å². The zero-order chi connectivity index (χ0) is 14.1. The first kappa shape index (κ1) is 13.0. The molecular formula is C15H10ClNO2S. The minimum Gasteiger partial charge on any atom is -0.478 e. The summed E-state index contributed by atoms with van der Waals surface area (Å²) in [6, 6.07) is 12.7. The van der Waals surface area contributed by atoms with Gasteiger partial charge in [0.2, 0.25) is 0 Å². The molecule has 1 heterocycles. The lowest BCUT2D eigenvalue weighted by molar-refractivity contribution is 0.0698. The van der Waals surface area contributed by atoms with Crippen molar-refractivity contribution < 1.29 is 9.90 Å². The second-order valence-electron chi connectivity index (χ2n) is 4.29. The quantitative estimate of drug-likeness (QED) is 0.716. The number of thiophene rings is 1. The number of hydrogen-bond donors (Lipinski definition) is 2. The van der Waals surface area contributed by atoms with Crippen molar-refractivity contribution in [2.45, 2.75) is 0 Å². The zero-order valence-electron chi connectivity index (χ0n) is 10.3. The molecule has 0 spiro atoms. The molecule has 3 rings (SSSR count). The van der Waals surface area contributed by atoms with E-state index in [9.17, 15) is 9.90 Å². The molecule has 0 aliphatic carbocycles. The van der Waals surface area contributed by atoms with Crippen LogP contribution in [0.5, 0.6) is 0 Å². The highest BCUT2D eigenvalue weighted by molar-refractivity contribution is 7.17. The lowest BCUT2D eigenvalue weighted by Crippen LogP contribution is -2.02. The maximum atomic E-state index is 11.2. The number of carbonyl (C=O) groups is 1. The Morgan fingerprint density at radius 1 is 1.15 bits per heavy atom. The van der Waals surface area contributed by atoms with Crippen LogP contribution in [0.15, 0.2) is 47.8 Å². The van der Waals surface area contributed by atoms with Crippen LogP contribution in [0, 0.1) is 0 Å². The number of nitrogens with one attached hydrogen (secondary N) is 1. The normalized spacial score (nSPS) is 10.7. The van der Waals surface area contributed by atoms with Crippen LogP contribution in [0.3, 0.4) is 0 Å². The fraction of sp³-hybridized carbons (Fsp3) is 0. The van der Waals surface area contributed by atoms with Crippen LogP contribution in [-0.2, 0) is 0 Å². The molecule has 0 saturated heterocycles. The Bertz CT molecular complexity index is 797. The smallest absolute Gasteiger partial charge is 0.337 e. The second-order valence-corrected chi connectivity index (χ2v) is 5.68. The lowest BCUT2D eigenvalue weighted by atomic mass is 10.1. The van der Waals surface area contributed by atoms with Crippen LogP contribution >= 0.6 is 22.9 Å². The summed E-state index contributed by atoms with van der Waals surface area (Å²) in [5.41, 5.74) is 1.53. The summed E-state index contributed by atoms with van der Waals surface area (Å²) in [5.74, 6) is -1.01. The highest BCUT2D eigenvalue weighted by atomic mass is 35.5. The van der Waals surface area contributed by atoms with E-state index in [0.717, 1.165) is 11.1 Å². The summed E-state index contributed by atoms with van der Waals surface area (Å²) in [6.07, 6.45) is 0. The number of carboxylic acid groups (broad SMARTS) is 1. The van der Waals surface area contributed by atoms with Gasteiger partial charge >= 0.3 is 5.97 Å². The molecule has 3 aromatic rings. The Balaban J connectivity index is 1.99. The topological polar surface area (TPSA) is 49.3 Å². The first-order chi connectivity index (χ1) is 9.63. The molecule has 5 heteroatoms. The minimum absolute atomic E-state index is 0.155. The largest absolute Gasteiger partial charge is 0.478 e. The predicted octanol–water partition coefficient (Wildman–Crippen LogP) is 5.00. The molecule has 0 aliphatic rings. The van der Waals surface area contributed by atoms with Gasteiger partial charge in [0.1, 0.15) is 0 Å². The van der Waals surface area contributed by atoms with E-state index in [1.807, 2.05) is 29.6 Å². The predicted molar refractivity (Wildman–Crippen MR) is 83.5 cm³/mol. The lowest BCUT2D eigenvalue weighted by Gasteiger charge is -2.10. The van der Waals surface area contributed by atoms with E-state index < -0.39 is 5.97 Å². The van der Waals surface area contributed by atoms with E-state index in [1.54, 1.807) is 23.5 Å². The molecular weight excluding hydrogens is 294 g/mol. The third-order valence-electron chi connectivity index (χ3n) is 2.94. The number of fused-ring (bicyclic) bond motifs is 1. The van der Waals surface area contributed by atoms with Gasteiger partial charge in [-0.15, -0.1) is 11.3 Å². The molecule has 20 heavy (non-hydrogen) atoms. The molecule has 0 atom stereocenters. The van der Waals surface area contributed by atoms with Gasteiger partial charge in [-0.2, -0.15) is 0 Å². The molecule has 3 nitrogen and oxygen atoms in total. The highest BCUT2D eigenvalue weighted by Gasteiger charge is 2.11. The third-order valence-corrected chi connectivity index (χ3v) is 4.08. The van der Waals surface area contributed by atoms with Crippen molar-refractivity contribution in [3.8, 4) is 0 Å². The Kier molecular flexibility index (Phi) is 3.34. The fourth-order valence-corrected chi connectivity index (χ4v) is 2.95. The molecule has 0 fully saturated rings. The van der Waals surface area contributed by atoms with Crippen LogP contribution in [0.25, 0.3) is 10.1 Å². The van der Waals surface area contributed by atoms with Gasteiger partial charge in [0.25, 0.3) is 0 Å². The van der Waals surface area contributed by atoms with Gasteiger partial charge in [-0.05, 0) is 53.2 Å². The third kappa shape index (κ3) is 2.48. The highest BCUT2D eigenvalue weighted by Crippen LogP contribution is 2.28. The molecule has 0 bridgehead atoms. The second kappa shape index (κ2) is 5.15. The van der Waals surface area contributed by atoms with Gasteiger partial charge in [-0.25, -0.2) is 4.79 Å². The van der Waals surface area contributed by atoms with E-state index in [0.29, 0.717) is 10.7 Å². The van der Waals surface area contributed by atoms with E-state index in [4.69, 9.17) is 11.6 Å². The molecule has 0 saturated carbocycles. The van der Waals surface area contributed by atoms with Crippen LogP contribution in [0.1, 0.15) is 10.4 Å². The van der Waals surface area contributed by atoms with Crippen LogP contribution in [-0.4, -0.2) is 11.1 Å². The van der Waals surface area contributed by atoms with E-state index >= 15 is 0 Å².